The van der Waals surface area contributed by atoms with Crippen LogP contribution in [0.3, 0.4) is 0 Å². The van der Waals surface area contributed by atoms with Gasteiger partial charge in [0, 0.05) is 10.7 Å². The van der Waals surface area contributed by atoms with E-state index in [9.17, 15) is 4.79 Å². The summed E-state index contributed by atoms with van der Waals surface area (Å²) in [5, 5.41) is 9.72. The van der Waals surface area contributed by atoms with Crippen LogP contribution < -0.4 is 10.6 Å². The molecule has 6 heteroatoms. The standard InChI is InChI=1S/C17H14ClN3O2/c1-11-2-4-12(5-3-11)15-10-19-23-16(15)21-17(22)20-14-8-6-13(18)7-9-14/h2-10H,1H3,(H2,20,21,22). The van der Waals surface area contributed by atoms with E-state index in [4.69, 9.17) is 16.1 Å². The van der Waals surface area contributed by atoms with Crippen LogP contribution in [0.2, 0.25) is 5.02 Å². The fourth-order valence-electron chi connectivity index (χ4n) is 2.07. The third kappa shape index (κ3) is 3.70. The highest BCUT2D eigenvalue weighted by Crippen LogP contribution is 2.28. The summed E-state index contributed by atoms with van der Waals surface area (Å²) in [6.07, 6.45) is 1.57. The molecular weight excluding hydrogens is 314 g/mol. The zero-order chi connectivity index (χ0) is 16.2. The van der Waals surface area contributed by atoms with E-state index < -0.39 is 6.03 Å². The minimum Gasteiger partial charge on any atom is -0.338 e. The maximum absolute atomic E-state index is 12.1. The Kier molecular flexibility index (Phi) is 4.30. The van der Waals surface area contributed by atoms with Gasteiger partial charge in [-0.2, -0.15) is 0 Å². The summed E-state index contributed by atoms with van der Waals surface area (Å²) in [5.41, 5.74) is 3.42. The molecule has 1 heterocycles. The van der Waals surface area contributed by atoms with Crippen molar-refractivity contribution in [2.75, 3.05) is 10.6 Å². The summed E-state index contributed by atoms with van der Waals surface area (Å²) in [6, 6.07) is 14.3. The average Bonchev–Trinajstić information content (AvgIpc) is 2.98. The molecule has 0 radical (unpaired) electrons. The molecule has 2 aromatic carbocycles. The molecule has 2 amide bonds. The lowest BCUT2D eigenvalue weighted by Gasteiger charge is -2.07. The van der Waals surface area contributed by atoms with Gasteiger partial charge in [0.05, 0.1) is 11.8 Å². The predicted molar refractivity (Wildman–Crippen MR) is 90.8 cm³/mol. The lowest BCUT2D eigenvalue weighted by Crippen LogP contribution is -2.19. The fraction of sp³-hybridized carbons (Fsp3) is 0.0588. The molecule has 0 aliphatic heterocycles. The number of aromatic nitrogens is 1. The number of halogens is 1. The molecule has 2 N–H and O–H groups in total. The first-order valence-corrected chi connectivity index (χ1v) is 7.35. The number of aryl methyl sites for hydroxylation is 1. The van der Waals surface area contributed by atoms with Crippen LogP contribution in [-0.4, -0.2) is 11.2 Å². The molecule has 0 bridgehead atoms. The summed E-state index contributed by atoms with van der Waals surface area (Å²) < 4.78 is 5.13. The van der Waals surface area contributed by atoms with Gasteiger partial charge in [0.1, 0.15) is 0 Å². The van der Waals surface area contributed by atoms with Crippen molar-refractivity contribution in [1.29, 1.82) is 0 Å². The van der Waals surface area contributed by atoms with Crippen molar-refractivity contribution in [2.45, 2.75) is 6.92 Å². The Hall–Kier alpha value is -2.79. The molecule has 0 spiro atoms. The van der Waals surface area contributed by atoms with Gasteiger partial charge in [0.2, 0.25) is 5.88 Å². The van der Waals surface area contributed by atoms with Crippen molar-refractivity contribution in [2.24, 2.45) is 0 Å². The van der Waals surface area contributed by atoms with Crippen LogP contribution in [0, 0.1) is 6.92 Å². The Bertz CT molecular complexity index is 811. The molecule has 0 atom stereocenters. The van der Waals surface area contributed by atoms with Gasteiger partial charge in [-0.3, -0.25) is 5.32 Å². The number of carbonyl (C=O) groups excluding carboxylic acids is 1. The number of carbonyl (C=O) groups is 1. The minimum absolute atomic E-state index is 0.292. The van der Waals surface area contributed by atoms with Crippen molar-refractivity contribution < 1.29 is 9.32 Å². The van der Waals surface area contributed by atoms with Crippen molar-refractivity contribution >= 4 is 29.2 Å². The number of nitrogens with zero attached hydrogens (tertiary/aromatic N) is 1. The second-order valence-corrected chi connectivity index (χ2v) is 5.46. The Morgan fingerprint density at radius 3 is 2.43 bits per heavy atom. The Morgan fingerprint density at radius 2 is 1.74 bits per heavy atom. The zero-order valence-electron chi connectivity index (χ0n) is 12.3. The number of hydrogen-bond donors (Lipinski definition) is 2. The highest BCUT2D eigenvalue weighted by Gasteiger charge is 2.13. The average molecular weight is 328 g/mol. The molecular formula is C17H14ClN3O2. The van der Waals surface area contributed by atoms with Gasteiger partial charge in [-0.05, 0) is 36.8 Å². The number of anilines is 2. The molecule has 23 heavy (non-hydrogen) atoms. The maximum atomic E-state index is 12.1. The first kappa shape index (κ1) is 15.1. The minimum atomic E-state index is -0.419. The van der Waals surface area contributed by atoms with Crippen molar-refractivity contribution in [3.05, 3.63) is 65.3 Å². The second-order valence-electron chi connectivity index (χ2n) is 5.02. The maximum Gasteiger partial charge on any atom is 0.326 e. The molecule has 0 unspecified atom stereocenters. The van der Waals surface area contributed by atoms with Gasteiger partial charge in [-0.15, -0.1) is 0 Å². The Labute approximate surface area is 138 Å². The number of nitrogens with one attached hydrogen (secondary N) is 2. The molecule has 1 aromatic heterocycles. The number of rotatable bonds is 3. The van der Waals surface area contributed by atoms with Crippen molar-refractivity contribution in [3.63, 3.8) is 0 Å². The summed E-state index contributed by atoms with van der Waals surface area (Å²) in [6.45, 7) is 2.01. The van der Waals surface area contributed by atoms with E-state index in [2.05, 4.69) is 15.8 Å². The Morgan fingerprint density at radius 1 is 1.04 bits per heavy atom. The SMILES string of the molecule is Cc1ccc(-c2cnoc2NC(=O)Nc2ccc(Cl)cc2)cc1. The van der Waals surface area contributed by atoms with Crippen LogP contribution >= 0.6 is 11.6 Å². The van der Waals surface area contributed by atoms with Crippen molar-refractivity contribution in [3.8, 4) is 11.1 Å². The molecule has 3 rings (SSSR count). The Balaban J connectivity index is 1.73. The van der Waals surface area contributed by atoms with Crippen LogP contribution in [0.25, 0.3) is 11.1 Å². The molecule has 0 saturated carbocycles. The topological polar surface area (TPSA) is 67.2 Å². The lowest BCUT2D eigenvalue weighted by molar-refractivity contribution is 0.261. The van der Waals surface area contributed by atoms with Crippen LogP contribution in [0.1, 0.15) is 5.56 Å². The van der Waals surface area contributed by atoms with Gasteiger partial charge >= 0.3 is 6.03 Å². The van der Waals surface area contributed by atoms with Crippen LogP contribution in [0.4, 0.5) is 16.4 Å². The first-order chi connectivity index (χ1) is 11.1. The van der Waals surface area contributed by atoms with E-state index in [1.54, 1.807) is 30.5 Å². The number of hydrogen-bond acceptors (Lipinski definition) is 3. The van der Waals surface area contributed by atoms with Gasteiger partial charge in [-0.25, -0.2) is 4.79 Å². The molecule has 0 aliphatic rings. The lowest BCUT2D eigenvalue weighted by atomic mass is 10.1. The summed E-state index contributed by atoms with van der Waals surface area (Å²) in [7, 11) is 0. The van der Waals surface area contributed by atoms with Crippen molar-refractivity contribution in [1.82, 2.24) is 5.16 Å². The third-order valence-electron chi connectivity index (χ3n) is 3.26. The number of amides is 2. The van der Waals surface area contributed by atoms with Crippen LogP contribution in [0.15, 0.2) is 59.3 Å². The third-order valence-corrected chi connectivity index (χ3v) is 3.51. The largest absolute Gasteiger partial charge is 0.338 e. The number of urea groups is 1. The summed E-state index contributed by atoms with van der Waals surface area (Å²) in [5.74, 6) is 0.292. The smallest absolute Gasteiger partial charge is 0.326 e. The van der Waals surface area contributed by atoms with Gasteiger partial charge in [0.15, 0.2) is 0 Å². The van der Waals surface area contributed by atoms with Crippen LogP contribution in [0.5, 0.6) is 0 Å². The van der Waals surface area contributed by atoms with E-state index in [0.29, 0.717) is 16.6 Å². The highest BCUT2D eigenvalue weighted by molar-refractivity contribution is 6.30. The van der Waals surface area contributed by atoms with E-state index in [1.807, 2.05) is 31.2 Å². The molecule has 0 saturated heterocycles. The molecule has 5 nitrogen and oxygen atoms in total. The zero-order valence-corrected chi connectivity index (χ0v) is 13.1. The predicted octanol–water partition coefficient (Wildman–Crippen LogP) is 4.95. The summed E-state index contributed by atoms with van der Waals surface area (Å²) in [4.78, 5) is 12.1. The van der Waals surface area contributed by atoms with E-state index in [0.717, 1.165) is 16.7 Å². The molecule has 3 aromatic rings. The normalized spacial score (nSPS) is 10.3. The summed E-state index contributed by atoms with van der Waals surface area (Å²) >= 11 is 5.81. The molecule has 0 fully saturated rings. The van der Waals surface area contributed by atoms with Gasteiger partial charge < -0.3 is 9.84 Å². The van der Waals surface area contributed by atoms with E-state index in [1.165, 1.54) is 0 Å². The molecule has 0 aliphatic carbocycles. The highest BCUT2D eigenvalue weighted by atomic mass is 35.5. The van der Waals surface area contributed by atoms with Gasteiger partial charge in [0.25, 0.3) is 0 Å². The van der Waals surface area contributed by atoms with Gasteiger partial charge in [-0.1, -0.05) is 46.6 Å². The van der Waals surface area contributed by atoms with E-state index in [-0.39, 0.29) is 0 Å². The number of benzene rings is 2. The van der Waals surface area contributed by atoms with E-state index >= 15 is 0 Å². The second kappa shape index (κ2) is 6.54. The van der Waals surface area contributed by atoms with Crippen LogP contribution in [-0.2, 0) is 0 Å². The molecule has 116 valence electrons. The first-order valence-electron chi connectivity index (χ1n) is 6.97. The fourth-order valence-corrected chi connectivity index (χ4v) is 2.19. The quantitative estimate of drug-likeness (QED) is 0.715. The monoisotopic (exact) mass is 327 g/mol.